The third-order valence-electron chi connectivity index (χ3n) is 9.79. The molecular formula is C46H50F8N4O2. The number of carbonyl (C=O) groups is 2. The minimum atomic E-state index is -5.38. The second kappa shape index (κ2) is 16.7. The monoisotopic (exact) mass is 842 g/mol. The molecule has 6 nitrogen and oxygen atoms in total. The van der Waals surface area contributed by atoms with Gasteiger partial charge < -0.3 is 0 Å². The van der Waals surface area contributed by atoms with Crippen LogP contribution < -0.4 is 0 Å². The average molecular weight is 843 g/mol. The van der Waals surface area contributed by atoms with E-state index in [-0.39, 0.29) is 34.8 Å². The molecule has 0 saturated carbocycles. The Bertz CT molecular complexity index is 2250. The van der Waals surface area contributed by atoms with Gasteiger partial charge in [0.25, 0.3) is 0 Å². The molecule has 2 aromatic rings. The summed E-state index contributed by atoms with van der Waals surface area (Å²) in [6, 6.07) is 2.26. The molecule has 322 valence electrons. The summed E-state index contributed by atoms with van der Waals surface area (Å²) in [4.78, 5) is 26.7. The molecular weight excluding hydrogens is 793 g/mol. The molecule has 60 heavy (non-hydrogen) atoms. The number of azo groups is 2. The van der Waals surface area contributed by atoms with Gasteiger partial charge >= 0.3 is 12.4 Å². The quantitative estimate of drug-likeness (QED) is 0.205. The lowest BCUT2D eigenvalue weighted by atomic mass is 9.72. The van der Waals surface area contributed by atoms with E-state index in [9.17, 15) is 27.2 Å². The summed E-state index contributed by atoms with van der Waals surface area (Å²) in [6.07, 6.45) is -2.11. The van der Waals surface area contributed by atoms with Gasteiger partial charge in [0.05, 0.1) is 34.9 Å². The van der Waals surface area contributed by atoms with Crippen molar-refractivity contribution in [3.63, 3.8) is 0 Å². The van der Waals surface area contributed by atoms with E-state index >= 15 is 17.6 Å². The Labute approximate surface area is 345 Å². The summed E-state index contributed by atoms with van der Waals surface area (Å²) in [7, 11) is 0. The number of ketones is 2. The summed E-state index contributed by atoms with van der Waals surface area (Å²) in [5, 5.41) is 15.4. The Morgan fingerprint density at radius 3 is 1.23 bits per heavy atom. The van der Waals surface area contributed by atoms with Crippen molar-refractivity contribution in [2.45, 2.75) is 109 Å². The van der Waals surface area contributed by atoms with Gasteiger partial charge in [0.15, 0.2) is 11.6 Å². The number of rotatable bonds is 7. The van der Waals surface area contributed by atoms with Gasteiger partial charge in [-0.2, -0.15) is 46.8 Å². The zero-order valence-corrected chi connectivity index (χ0v) is 35.8. The van der Waals surface area contributed by atoms with E-state index in [2.05, 4.69) is 20.5 Å². The van der Waals surface area contributed by atoms with Crippen LogP contribution in [0.3, 0.4) is 0 Å². The maximum absolute atomic E-state index is 15.1. The highest BCUT2D eigenvalue weighted by Gasteiger charge is 2.42. The van der Waals surface area contributed by atoms with Crippen molar-refractivity contribution in [3.8, 4) is 11.1 Å². The van der Waals surface area contributed by atoms with Gasteiger partial charge in [-0.3, -0.25) is 9.59 Å². The molecule has 0 unspecified atom stereocenters. The second-order valence-corrected chi connectivity index (χ2v) is 18.9. The number of halogens is 8. The van der Waals surface area contributed by atoms with Crippen molar-refractivity contribution in [2.75, 3.05) is 0 Å². The van der Waals surface area contributed by atoms with Gasteiger partial charge in [-0.05, 0) is 98.1 Å². The molecule has 0 saturated heterocycles. The summed E-state index contributed by atoms with van der Waals surface area (Å²) >= 11 is 0. The summed E-state index contributed by atoms with van der Waals surface area (Å²) < 4.78 is 118. The zero-order chi connectivity index (χ0) is 45.6. The normalized spacial score (nSPS) is 16.4. The van der Waals surface area contributed by atoms with Crippen molar-refractivity contribution in [3.05, 3.63) is 117 Å². The number of hydrogen-bond acceptors (Lipinski definition) is 6. The molecule has 0 bridgehead atoms. The molecule has 0 radical (unpaired) electrons. The number of allylic oxidation sites excluding steroid dienone is 10. The average Bonchev–Trinajstić information content (AvgIpc) is 3.09. The SMILES string of the molecule is CC(C)(C)C1=CC(=C/N=N/c2cc(CF)cc(-c3cc(C(F)(F)F)cc(/N=N/C=C4C=C(C(C)(C)C)C(=O)C(C(C)(C)C)=C4)c3C(F)(F)F)c2CF)C=C(C(C)(C)C)C1=O. The highest BCUT2D eigenvalue weighted by atomic mass is 19.4. The second-order valence-electron chi connectivity index (χ2n) is 18.9. The van der Waals surface area contributed by atoms with Gasteiger partial charge in [-0.25, -0.2) is 8.78 Å². The van der Waals surface area contributed by atoms with Crippen molar-refractivity contribution in [2.24, 2.45) is 42.1 Å². The molecule has 0 spiro atoms. The van der Waals surface area contributed by atoms with E-state index < -0.39 is 86.6 Å². The molecule has 0 N–H and O–H groups in total. The van der Waals surface area contributed by atoms with E-state index in [1.807, 2.05) is 41.5 Å². The first-order chi connectivity index (χ1) is 27.3. The number of carbonyl (C=O) groups excluding carboxylic acids is 2. The predicted octanol–water partition coefficient (Wildman–Crippen LogP) is 15.3. The highest BCUT2D eigenvalue weighted by Crippen LogP contribution is 2.49. The molecule has 0 atom stereocenters. The Hall–Kier alpha value is -5.14. The van der Waals surface area contributed by atoms with Crippen LogP contribution >= 0.6 is 0 Å². The van der Waals surface area contributed by atoms with Gasteiger partial charge in [0, 0.05) is 27.9 Å². The van der Waals surface area contributed by atoms with Crippen LogP contribution in [0.5, 0.6) is 0 Å². The molecule has 2 aromatic carbocycles. The first-order valence-corrected chi connectivity index (χ1v) is 19.1. The molecule has 14 heteroatoms. The van der Waals surface area contributed by atoms with Crippen molar-refractivity contribution in [1.29, 1.82) is 0 Å². The lowest BCUT2D eigenvalue weighted by molar-refractivity contribution is -0.140. The zero-order valence-electron chi connectivity index (χ0n) is 35.8. The maximum atomic E-state index is 15.1. The van der Waals surface area contributed by atoms with E-state index in [1.54, 1.807) is 53.7 Å². The molecule has 0 amide bonds. The van der Waals surface area contributed by atoms with Crippen LogP contribution in [-0.2, 0) is 35.3 Å². The highest BCUT2D eigenvalue weighted by molar-refractivity contribution is 6.12. The van der Waals surface area contributed by atoms with E-state index in [1.165, 1.54) is 18.4 Å². The predicted molar refractivity (Wildman–Crippen MR) is 217 cm³/mol. The van der Waals surface area contributed by atoms with Gasteiger partial charge in [-0.1, -0.05) is 83.1 Å². The molecule has 0 aromatic heterocycles. The lowest BCUT2D eigenvalue weighted by Crippen LogP contribution is -2.27. The van der Waals surface area contributed by atoms with Gasteiger partial charge in [0.2, 0.25) is 0 Å². The minimum Gasteiger partial charge on any atom is -0.289 e. The van der Waals surface area contributed by atoms with Crippen molar-refractivity contribution in [1.82, 2.24) is 0 Å². The first-order valence-electron chi connectivity index (χ1n) is 19.1. The topological polar surface area (TPSA) is 83.6 Å². The Morgan fingerprint density at radius 2 is 0.900 bits per heavy atom. The lowest BCUT2D eigenvalue weighted by Gasteiger charge is -2.31. The number of alkyl halides is 8. The number of hydrogen-bond donors (Lipinski definition) is 0. The summed E-state index contributed by atoms with van der Waals surface area (Å²) in [5.41, 5.74) is -7.70. The van der Waals surface area contributed by atoms with Crippen LogP contribution in [0.1, 0.15) is 105 Å². The van der Waals surface area contributed by atoms with Crippen molar-refractivity contribution >= 4 is 22.9 Å². The summed E-state index contributed by atoms with van der Waals surface area (Å²) in [6.45, 7) is 19.1. The van der Waals surface area contributed by atoms with E-state index in [0.29, 0.717) is 27.9 Å². The number of benzene rings is 2. The largest absolute Gasteiger partial charge is 0.419 e. The van der Waals surface area contributed by atoms with E-state index in [4.69, 9.17) is 0 Å². The van der Waals surface area contributed by atoms with Crippen LogP contribution in [0.4, 0.5) is 46.5 Å². The number of Topliss-reactive ketones (excluding diaryl/α,β-unsaturated/α-hetero) is 2. The Balaban J connectivity index is 1.99. The standard InChI is InChI=1S/C46H50F8N4O2/c1-41(2,3)32-14-26(15-33(39(32)59)42(4,5)6)23-55-57-36-18-25(21-47)13-29(31(36)22-48)30-19-28(45(49,50)51)20-37(38(30)46(52,53)54)58-56-24-27-16-34(43(7,8)9)40(60)35(17-27)44(10,11)12/h13-20,23-24H,21-22H2,1-12H3/b57-55+,58-56+. The molecule has 0 aliphatic heterocycles. The molecule has 4 rings (SSSR count). The number of nitrogens with zero attached hydrogens (tertiary/aromatic N) is 4. The molecule has 2 aliphatic carbocycles. The fourth-order valence-electron chi connectivity index (χ4n) is 6.64. The molecule has 0 heterocycles. The van der Waals surface area contributed by atoms with Crippen LogP contribution in [0.15, 0.2) is 115 Å². The minimum absolute atomic E-state index is 0.162. The van der Waals surface area contributed by atoms with Gasteiger partial charge in [0.1, 0.15) is 13.3 Å². The first kappa shape index (κ1) is 47.5. The fraction of sp³-hybridized carbons (Fsp3) is 0.435. The van der Waals surface area contributed by atoms with Crippen LogP contribution in [0, 0.1) is 21.7 Å². The molecule has 0 fully saturated rings. The van der Waals surface area contributed by atoms with Crippen LogP contribution in [0.25, 0.3) is 11.1 Å². The summed E-state index contributed by atoms with van der Waals surface area (Å²) in [5.74, 6) is -0.395. The molecule has 2 aliphatic rings. The van der Waals surface area contributed by atoms with Gasteiger partial charge in [-0.15, -0.1) is 0 Å². The third-order valence-corrected chi connectivity index (χ3v) is 9.79. The van der Waals surface area contributed by atoms with Crippen molar-refractivity contribution < 1.29 is 44.7 Å². The maximum Gasteiger partial charge on any atom is 0.419 e. The Morgan fingerprint density at radius 1 is 0.500 bits per heavy atom. The van der Waals surface area contributed by atoms with E-state index in [0.717, 1.165) is 18.3 Å². The Kier molecular flexibility index (Phi) is 13.3. The van der Waals surface area contributed by atoms with Crippen LogP contribution in [0.2, 0.25) is 0 Å². The smallest absolute Gasteiger partial charge is 0.289 e. The third kappa shape index (κ3) is 10.8. The fourth-order valence-corrected chi connectivity index (χ4v) is 6.64. The van der Waals surface area contributed by atoms with Crippen LogP contribution in [-0.4, -0.2) is 11.6 Å².